The molecule has 0 fully saturated rings. The Morgan fingerprint density at radius 3 is 2.55 bits per heavy atom. The van der Waals surface area contributed by atoms with Crippen molar-refractivity contribution >= 4 is 17.6 Å². The first-order chi connectivity index (χ1) is 14.0. The van der Waals surface area contributed by atoms with Gasteiger partial charge in [-0.25, -0.2) is 4.68 Å². The molecule has 2 aromatic carbocycles. The van der Waals surface area contributed by atoms with Crippen molar-refractivity contribution < 1.29 is 14.4 Å². The highest BCUT2D eigenvalue weighted by Crippen LogP contribution is 2.33. The normalized spacial score (nSPS) is 15.6. The zero-order chi connectivity index (χ0) is 20.4. The van der Waals surface area contributed by atoms with Crippen molar-refractivity contribution in [2.24, 2.45) is 0 Å². The maximum absolute atomic E-state index is 11.2. The highest BCUT2D eigenvalue weighted by molar-refractivity contribution is 6.30. The van der Waals surface area contributed by atoms with Crippen molar-refractivity contribution in [2.45, 2.75) is 32.2 Å². The Balaban J connectivity index is 1.75. The number of nitrogens with zero attached hydrogens (tertiary/aromatic N) is 2. The Morgan fingerprint density at radius 2 is 1.90 bits per heavy atom. The van der Waals surface area contributed by atoms with E-state index in [9.17, 15) is 4.79 Å². The van der Waals surface area contributed by atoms with Gasteiger partial charge in [0.2, 0.25) is 0 Å². The van der Waals surface area contributed by atoms with Gasteiger partial charge in [-0.3, -0.25) is 4.79 Å². The minimum Gasteiger partial charge on any atom is -0.497 e. The molecule has 150 valence electrons. The molecular weight excluding hydrogens is 390 g/mol. The van der Waals surface area contributed by atoms with Crippen molar-refractivity contribution in [1.82, 2.24) is 15.3 Å². The van der Waals surface area contributed by atoms with Crippen LogP contribution in [0.3, 0.4) is 0 Å². The summed E-state index contributed by atoms with van der Waals surface area (Å²) in [6, 6.07) is 15.6. The molecule has 7 heteroatoms. The Kier molecular flexibility index (Phi) is 5.56. The molecule has 1 aromatic heterocycles. The van der Waals surface area contributed by atoms with Gasteiger partial charge in [-0.05, 0) is 55.7 Å². The summed E-state index contributed by atoms with van der Waals surface area (Å²) in [7, 11) is 1.65. The van der Waals surface area contributed by atoms with Gasteiger partial charge < -0.3 is 9.57 Å². The van der Waals surface area contributed by atoms with Crippen molar-refractivity contribution in [3.8, 4) is 22.7 Å². The van der Waals surface area contributed by atoms with Crippen LogP contribution in [-0.2, 0) is 22.5 Å². The Hall–Kier alpha value is -2.83. The van der Waals surface area contributed by atoms with Crippen LogP contribution < -0.4 is 10.2 Å². The van der Waals surface area contributed by atoms with Crippen LogP contribution in [0.5, 0.6) is 5.75 Å². The fraction of sp³-hybridized carbons (Fsp3) is 0.273. The van der Waals surface area contributed by atoms with E-state index < -0.39 is 0 Å². The maximum atomic E-state index is 11.2. The molecule has 29 heavy (non-hydrogen) atoms. The Bertz CT molecular complexity index is 1010. The molecule has 1 heterocycles. The molecule has 1 N–H and O–H groups in total. The Morgan fingerprint density at radius 1 is 1.17 bits per heavy atom. The van der Waals surface area contributed by atoms with E-state index in [4.69, 9.17) is 26.3 Å². The highest BCUT2D eigenvalue weighted by Gasteiger charge is 2.28. The van der Waals surface area contributed by atoms with Crippen molar-refractivity contribution in [3.05, 3.63) is 64.8 Å². The molecule has 1 aliphatic rings. The smallest absolute Gasteiger partial charge is 0.321 e. The minimum absolute atomic E-state index is 0.0472. The molecule has 0 saturated carbocycles. The molecule has 1 atom stereocenters. The van der Waals surface area contributed by atoms with Crippen LogP contribution >= 0.6 is 11.6 Å². The number of ether oxygens (including phenoxy) is 1. The number of fused-ring (bicyclic) bond motifs is 1. The monoisotopic (exact) mass is 411 g/mol. The SMILES string of the molecule is COc1ccc(-n2nc(-c3ccc(Cl)cc3)c3c2CC[C@@H](NOC(C)=O)C3)cc1. The molecule has 1 aliphatic carbocycles. The molecule has 3 aromatic rings. The summed E-state index contributed by atoms with van der Waals surface area (Å²) < 4.78 is 7.27. The predicted molar refractivity (Wildman–Crippen MR) is 111 cm³/mol. The van der Waals surface area contributed by atoms with Crippen molar-refractivity contribution in [1.29, 1.82) is 0 Å². The summed E-state index contributed by atoms with van der Waals surface area (Å²) in [5, 5.41) is 5.63. The van der Waals surface area contributed by atoms with E-state index in [1.54, 1.807) is 7.11 Å². The lowest BCUT2D eigenvalue weighted by molar-refractivity contribution is -0.150. The molecule has 0 aliphatic heterocycles. The lowest BCUT2D eigenvalue weighted by atomic mass is 9.90. The second kappa shape index (κ2) is 8.27. The maximum Gasteiger partial charge on any atom is 0.321 e. The van der Waals surface area contributed by atoms with E-state index in [0.29, 0.717) is 5.02 Å². The summed E-state index contributed by atoms with van der Waals surface area (Å²) in [5.41, 5.74) is 8.11. The van der Waals surface area contributed by atoms with Gasteiger partial charge in [-0.1, -0.05) is 23.7 Å². The lowest BCUT2D eigenvalue weighted by Gasteiger charge is -2.23. The van der Waals surface area contributed by atoms with Gasteiger partial charge in [0.15, 0.2) is 0 Å². The van der Waals surface area contributed by atoms with Crippen LogP contribution in [0, 0.1) is 0 Å². The van der Waals surface area contributed by atoms with Crippen LogP contribution in [0.2, 0.25) is 5.02 Å². The van der Waals surface area contributed by atoms with E-state index in [2.05, 4.69) is 5.48 Å². The quantitative estimate of drug-likeness (QED) is 0.639. The predicted octanol–water partition coefficient (Wildman–Crippen LogP) is 4.13. The highest BCUT2D eigenvalue weighted by atomic mass is 35.5. The minimum atomic E-state index is -0.345. The van der Waals surface area contributed by atoms with E-state index in [0.717, 1.165) is 47.5 Å². The summed E-state index contributed by atoms with van der Waals surface area (Å²) >= 11 is 6.07. The van der Waals surface area contributed by atoms with Crippen LogP contribution in [0.25, 0.3) is 16.9 Å². The molecule has 0 bridgehead atoms. The zero-order valence-electron chi connectivity index (χ0n) is 16.3. The molecule has 6 nitrogen and oxygen atoms in total. The van der Waals surface area contributed by atoms with Gasteiger partial charge in [0.1, 0.15) is 5.75 Å². The van der Waals surface area contributed by atoms with Gasteiger partial charge in [-0.15, -0.1) is 5.48 Å². The largest absolute Gasteiger partial charge is 0.497 e. The topological polar surface area (TPSA) is 65.4 Å². The van der Waals surface area contributed by atoms with Crippen LogP contribution in [0.1, 0.15) is 24.6 Å². The first kappa shape index (κ1) is 19.5. The summed E-state index contributed by atoms with van der Waals surface area (Å²) in [5.74, 6) is 0.459. The summed E-state index contributed by atoms with van der Waals surface area (Å²) in [6.45, 7) is 1.39. The van der Waals surface area contributed by atoms with Crippen LogP contribution in [0.15, 0.2) is 48.5 Å². The summed E-state index contributed by atoms with van der Waals surface area (Å²) in [6.07, 6.45) is 2.39. The number of hydrogen-bond acceptors (Lipinski definition) is 5. The number of aromatic nitrogens is 2. The number of rotatable bonds is 5. The third-order valence-electron chi connectivity index (χ3n) is 5.07. The third-order valence-corrected chi connectivity index (χ3v) is 5.33. The van der Waals surface area contributed by atoms with E-state index in [-0.39, 0.29) is 12.0 Å². The van der Waals surface area contributed by atoms with Crippen molar-refractivity contribution in [3.63, 3.8) is 0 Å². The molecule has 0 spiro atoms. The van der Waals surface area contributed by atoms with Gasteiger partial charge in [0.25, 0.3) is 0 Å². The number of carbonyl (C=O) groups is 1. The molecule has 0 unspecified atom stereocenters. The number of hydroxylamine groups is 1. The van der Waals surface area contributed by atoms with E-state index in [1.807, 2.05) is 53.2 Å². The van der Waals surface area contributed by atoms with Gasteiger partial charge in [0.05, 0.1) is 18.5 Å². The first-order valence-electron chi connectivity index (χ1n) is 9.49. The number of methoxy groups -OCH3 is 1. The van der Waals surface area contributed by atoms with Crippen LogP contribution in [-0.4, -0.2) is 28.9 Å². The third kappa shape index (κ3) is 4.13. The van der Waals surface area contributed by atoms with Gasteiger partial charge in [-0.2, -0.15) is 5.10 Å². The van der Waals surface area contributed by atoms with E-state index >= 15 is 0 Å². The zero-order valence-corrected chi connectivity index (χ0v) is 17.1. The number of carbonyl (C=O) groups excluding carboxylic acids is 1. The molecule has 0 amide bonds. The van der Waals surface area contributed by atoms with Crippen LogP contribution in [0.4, 0.5) is 0 Å². The molecule has 0 radical (unpaired) electrons. The molecular formula is C22H22ClN3O3. The fourth-order valence-electron chi connectivity index (χ4n) is 3.66. The number of halogens is 1. The Labute approximate surface area is 174 Å². The average Bonchev–Trinajstić information content (AvgIpc) is 3.12. The summed E-state index contributed by atoms with van der Waals surface area (Å²) in [4.78, 5) is 16.2. The van der Waals surface area contributed by atoms with Gasteiger partial charge >= 0.3 is 5.97 Å². The molecule has 0 saturated heterocycles. The van der Waals surface area contributed by atoms with Crippen molar-refractivity contribution in [2.75, 3.05) is 7.11 Å². The fourth-order valence-corrected chi connectivity index (χ4v) is 3.79. The van der Waals surface area contributed by atoms with E-state index in [1.165, 1.54) is 12.6 Å². The first-order valence-corrected chi connectivity index (χ1v) is 9.87. The molecule has 4 rings (SSSR count). The number of nitrogens with one attached hydrogen (secondary N) is 1. The second-order valence-corrected chi connectivity index (χ2v) is 7.48. The number of hydrogen-bond donors (Lipinski definition) is 1. The van der Waals surface area contributed by atoms with Gasteiger partial charge in [0, 0.05) is 34.8 Å². The number of benzene rings is 2. The standard InChI is InChI=1S/C22H22ClN3O3/c1-14(27)29-25-17-7-12-21-20(13-17)22(15-3-5-16(23)6-4-15)24-26(21)18-8-10-19(28-2)11-9-18/h3-6,8-11,17,25H,7,12-13H2,1-2H3/t17-/m1/s1. The average molecular weight is 412 g/mol. The lowest BCUT2D eigenvalue weighted by Crippen LogP contribution is -2.36. The second-order valence-electron chi connectivity index (χ2n) is 7.04.